The number of phenols is 1. The number of amides is 10. The molecule has 2 aliphatic heterocycles. The number of aromatic amines is 3. The number of carboxylic acids is 1. The second-order valence-corrected chi connectivity index (χ2v) is 23.7. The van der Waals surface area contributed by atoms with E-state index in [9.17, 15) is 53.4 Å². The number of nitrogens with two attached hydrogens (primary N) is 3. The van der Waals surface area contributed by atoms with Gasteiger partial charge in [-0.1, -0.05) is 62.4 Å². The van der Waals surface area contributed by atoms with E-state index in [-0.39, 0.29) is 94.4 Å². The molecule has 0 spiro atoms. The Bertz CT molecular complexity index is 3710. The Kier molecular flexibility index (Phi) is 25.7. The number of fused-ring (bicyclic) bond motifs is 2. The molecule has 2 aliphatic rings. The zero-order chi connectivity index (χ0) is 68.9. The number of hydrogen-bond acceptors (Lipinski definition) is 15. The van der Waals surface area contributed by atoms with Crippen molar-refractivity contribution < 1.29 is 68.1 Å². The van der Waals surface area contributed by atoms with Crippen molar-refractivity contribution in [3.8, 4) is 5.75 Å². The Hall–Kier alpha value is -10.8. The fourth-order valence-corrected chi connectivity index (χ4v) is 11.3. The highest BCUT2D eigenvalue weighted by molar-refractivity contribution is 6.00. The Labute approximate surface area is 545 Å². The van der Waals surface area contributed by atoms with Crippen molar-refractivity contribution >= 4 is 92.8 Å². The molecule has 6 aromatic rings. The molecule has 0 bridgehead atoms. The molecule has 3 aromatic carbocycles. The van der Waals surface area contributed by atoms with E-state index in [2.05, 4.69) is 67.5 Å². The number of nitrogens with one attached hydrogen (secondary N) is 11. The molecular formula is C64H83N17O14. The van der Waals surface area contributed by atoms with Crippen LogP contribution in [0.3, 0.4) is 0 Å². The van der Waals surface area contributed by atoms with Crippen LogP contribution in [0, 0.1) is 5.92 Å². The molecule has 31 nitrogen and oxygen atoms in total. The molecular weight excluding hydrogens is 1230 g/mol. The Balaban J connectivity index is 0.00000310. The summed E-state index contributed by atoms with van der Waals surface area (Å²) in [6.07, 6.45) is 6.88. The molecule has 9 atom stereocenters. The van der Waals surface area contributed by atoms with Crippen LogP contribution < -0.4 is 59.7 Å². The lowest BCUT2D eigenvalue weighted by Gasteiger charge is -2.30. The van der Waals surface area contributed by atoms with E-state index >= 15 is 4.79 Å². The van der Waals surface area contributed by atoms with Crippen LogP contribution in [-0.2, 0) is 78.4 Å². The van der Waals surface area contributed by atoms with E-state index in [4.69, 9.17) is 27.1 Å². The first kappa shape index (κ1) is 71.6. The number of phenolic OH excluding ortho intramolecular Hbond substituents is 1. The SMILES string of the molecule is CC(=O)O.CC(C)C[C@H](NC(=O)[C@@H](Cc1c[nH]c2ccccc12)NC(=O)[C@H](Cc1ccc(O)cc1)NC(=O)[C@H](CO)NC(=O)[C@H](Cc1c[nH]c2ccccc12)NC(=O)[C@H](Cc1cnc[nH]1)NC(=O)[C@@H]1CCC(=O)N1)C(=O)N[C@@H](CCCN=C(N)N)C(=O)N1CCC[C@H]1C(N)=O. The molecule has 2 saturated heterocycles. The zero-order valence-electron chi connectivity index (χ0n) is 52.8. The number of carbonyl (C=O) groups is 11. The first-order valence-corrected chi connectivity index (χ1v) is 31.1. The summed E-state index contributed by atoms with van der Waals surface area (Å²) in [5.41, 5.74) is 20.2. The highest BCUT2D eigenvalue weighted by atomic mass is 16.4. The van der Waals surface area contributed by atoms with Gasteiger partial charge < -0.3 is 94.9 Å². The fourth-order valence-electron chi connectivity index (χ4n) is 11.3. The van der Waals surface area contributed by atoms with Crippen LogP contribution in [-0.4, -0.2) is 185 Å². The molecule has 31 heteroatoms. The number of aliphatic imine (C=N–C) groups is 1. The number of primary amides is 1. The molecule has 0 unspecified atom stereocenters. The van der Waals surface area contributed by atoms with Crippen molar-refractivity contribution in [1.82, 2.24) is 67.4 Å². The van der Waals surface area contributed by atoms with E-state index in [1.807, 2.05) is 38.1 Å². The number of H-pyrrole nitrogens is 3. The highest BCUT2D eigenvalue weighted by Crippen LogP contribution is 2.24. The lowest BCUT2D eigenvalue weighted by Crippen LogP contribution is -2.61. The molecule has 95 heavy (non-hydrogen) atoms. The predicted molar refractivity (Wildman–Crippen MR) is 346 cm³/mol. The molecule has 3 aromatic heterocycles. The number of aromatic hydroxyl groups is 1. The summed E-state index contributed by atoms with van der Waals surface area (Å²) in [6, 6.07) is 8.17. The minimum Gasteiger partial charge on any atom is -0.508 e. The van der Waals surface area contributed by atoms with Gasteiger partial charge in [0.05, 0.1) is 12.9 Å². The average molecular weight is 1310 g/mol. The number of aliphatic hydroxyl groups excluding tert-OH is 1. The van der Waals surface area contributed by atoms with E-state index in [0.29, 0.717) is 57.0 Å². The molecule has 0 aliphatic carbocycles. The van der Waals surface area contributed by atoms with Crippen LogP contribution in [0.1, 0.15) is 88.1 Å². The second-order valence-electron chi connectivity index (χ2n) is 23.7. The number of aliphatic hydroxyl groups is 1. The minimum absolute atomic E-state index is 0.0424. The van der Waals surface area contributed by atoms with Crippen molar-refractivity contribution in [2.24, 2.45) is 28.1 Å². The quantitative estimate of drug-likeness (QED) is 0.0136. The van der Waals surface area contributed by atoms with Gasteiger partial charge in [-0.15, -0.1) is 0 Å². The normalized spacial score (nSPS) is 16.5. The van der Waals surface area contributed by atoms with Gasteiger partial charge in [0.15, 0.2) is 5.96 Å². The lowest BCUT2D eigenvalue weighted by atomic mass is 9.99. The number of guanidine groups is 1. The number of imidazole rings is 1. The molecule has 10 amide bonds. The molecule has 5 heterocycles. The number of rotatable bonds is 31. The molecule has 8 rings (SSSR count). The third-order valence-corrected chi connectivity index (χ3v) is 16.0. The number of nitrogens with zero attached hydrogens (tertiary/aromatic N) is 3. The van der Waals surface area contributed by atoms with Crippen molar-refractivity contribution in [2.45, 2.75) is 146 Å². The predicted octanol–water partition coefficient (Wildman–Crippen LogP) is -1.32. The smallest absolute Gasteiger partial charge is 0.300 e. The standard InChI is InChI=1S/C62H79N17O12.C2H4O2/c1-33(2)23-45(55(85)72-44(13-7-21-67-62(64)65)61(91)79-22-8-14-51(79)53(63)83)73-57(87)47(25-35-28-68-41-11-5-3-9-39(35)41)75-56(86)46(24-34-15-17-38(81)18-16-34)74-60(90)50(31-80)78-58(88)48(26-36-29-69-42-12-6-4-10-40(36)42)76-59(89)49(27-37-30-66-32-70-37)77-54(84)43-19-20-52(82)71-43;1-2(3)4/h3-6,9-12,15-18,28-30,32-33,43-51,68-69,80-81H,7-8,13-14,19-27,31H2,1-2H3,(H2,63,83)(H,66,70)(H,71,82)(H,72,85)(H,73,87)(H,74,90)(H,75,86)(H,76,89)(H,77,84)(H,78,88)(H4,64,65,67);1H3,(H,3,4)/t43-,44-,45-,46-,47+,48-,49-,50-,51-;/m0./s1. The van der Waals surface area contributed by atoms with E-state index < -0.39 is 120 Å². The summed E-state index contributed by atoms with van der Waals surface area (Å²) >= 11 is 0. The van der Waals surface area contributed by atoms with Crippen LogP contribution in [0.15, 0.2) is 103 Å². The van der Waals surface area contributed by atoms with E-state index in [0.717, 1.165) is 6.92 Å². The summed E-state index contributed by atoms with van der Waals surface area (Å²) in [4.78, 5) is 168. The maximum absolute atomic E-state index is 15.0. The van der Waals surface area contributed by atoms with E-state index in [1.54, 1.807) is 36.7 Å². The highest BCUT2D eigenvalue weighted by Gasteiger charge is 2.40. The number of aliphatic carboxylic acids is 1. The third-order valence-electron chi connectivity index (χ3n) is 16.0. The average Bonchev–Trinajstić information content (AvgIpc) is 1.76. The number of para-hydroxylation sites is 2. The van der Waals surface area contributed by atoms with Gasteiger partial charge >= 0.3 is 0 Å². The molecule has 508 valence electrons. The van der Waals surface area contributed by atoms with Gasteiger partial charge in [-0.3, -0.25) is 57.7 Å². The van der Waals surface area contributed by atoms with Crippen LogP contribution in [0.5, 0.6) is 5.75 Å². The Morgan fingerprint density at radius 3 is 1.66 bits per heavy atom. The number of likely N-dealkylation sites (tertiary alicyclic amines) is 1. The molecule has 0 radical (unpaired) electrons. The number of carbonyl (C=O) groups excluding carboxylic acids is 10. The van der Waals surface area contributed by atoms with Crippen molar-refractivity contribution in [3.63, 3.8) is 0 Å². The van der Waals surface area contributed by atoms with Crippen LogP contribution in [0.25, 0.3) is 21.8 Å². The lowest BCUT2D eigenvalue weighted by molar-refractivity contribution is -0.141. The summed E-state index contributed by atoms with van der Waals surface area (Å²) in [7, 11) is 0. The Morgan fingerprint density at radius 2 is 1.16 bits per heavy atom. The van der Waals surface area contributed by atoms with Crippen LogP contribution in [0.2, 0.25) is 0 Å². The molecule has 20 N–H and O–H groups in total. The van der Waals surface area contributed by atoms with Gasteiger partial charge in [0, 0.05) is 98.2 Å². The maximum Gasteiger partial charge on any atom is 0.300 e. The summed E-state index contributed by atoms with van der Waals surface area (Å²) in [5, 5.41) is 51.5. The topological polar surface area (TPSA) is 499 Å². The second kappa shape index (κ2) is 34.2. The van der Waals surface area contributed by atoms with Crippen molar-refractivity contribution in [3.05, 3.63) is 120 Å². The van der Waals surface area contributed by atoms with Crippen molar-refractivity contribution in [1.29, 1.82) is 0 Å². The third kappa shape index (κ3) is 20.8. The minimum atomic E-state index is -1.79. The summed E-state index contributed by atoms with van der Waals surface area (Å²) in [5.74, 6) is -8.92. The zero-order valence-corrected chi connectivity index (χ0v) is 52.8. The fraction of sp³-hybridized carbons (Fsp3) is 0.422. The van der Waals surface area contributed by atoms with Gasteiger partial charge in [0.1, 0.15) is 60.1 Å². The maximum atomic E-state index is 15.0. The van der Waals surface area contributed by atoms with Crippen LogP contribution in [0.4, 0.5) is 0 Å². The Morgan fingerprint density at radius 1 is 0.653 bits per heavy atom. The number of hydrogen-bond donors (Lipinski definition) is 17. The summed E-state index contributed by atoms with van der Waals surface area (Å²) < 4.78 is 0. The van der Waals surface area contributed by atoms with Gasteiger partial charge in [-0.05, 0) is 85.4 Å². The van der Waals surface area contributed by atoms with Gasteiger partial charge in [0.25, 0.3) is 5.97 Å². The first-order chi connectivity index (χ1) is 45.4. The number of benzene rings is 3. The van der Waals surface area contributed by atoms with Gasteiger partial charge in [-0.25, -0.2) is 4.98 Å². The van der Waals surface area contributed by atoms with Crippen molar-refractivity contribution in [2.75, 3.05) is 19.7 Å². The first-order valence-electron chi connectivity index (χ1n) is 31.1. The van der Waals surface area contributed by atoms with E-state index in [1.165, 1.54) is 41.7 Å². The largest absolute Gasteiger partial charge is 0.508 e. The molecule has 0 saturated carbocycles. The number of aromatic nitrogens is 4. The van der Waals surface area contributed by atoms with Gasteiger partial charge in [-0.2, -0.15) is 0 Å². The van der Waals surface area contributed by atoms with Gasteiger partial charge in [0.2, 0.25) is 59.1 Å². The summed E-state index contributed by atoms with van der Waals surface area (Å²) in [6.45, 7) is 4.02. The molecule has 2 fully saturated rings. The monoisotopic (exact) mass is 1310 g/mol. The number of carboxylic acid groups (broad SMARTS) is 1. The van der Waals surface area contributed by atoms with Crippen LogP contribution >= 0.6 is 0 Å².